The van der Waals surface area contributed by atoms with Gasteiger partial charge in [-0.2, -0.15) is 0 Å². The molecule has 5 heteroatoms. The van der Waals surface area contributed by atoms with Gasteiger partial charge in [-0.15, -0.1) is 11.3 Å². The summed E-state index contributed by atoms with van der Waals surface area (Å²) in [6, 6.07) is 6.72. The highest BCUT2D eigenvalue weighted by molar-refractivity contribution is 7.11. The Kier molecular flexibility index (Phi) is 4.01. The van der Waals surface area contributed by atoms with Gasteiger partial charge in [-0.1, -0.05) is 18.2 Å². The van der Waals surface area contributed by atoms with E-state index in [1.54, 1.807) is 30.4 Å². The highest BCUT2D eigenvalue weighted by atomic mass is 32.1. The number of hydrogen-bond acceptors (Lipinski definition) is 4. The fraction of sp³-hybridized carbons (Fsp3) is 0.375. The minimum absolute atomic E-state index is 0.195. The van der Waals surface area contributed by atoms with Crippen molar-refractivity contribution in [3.63, 3.8) is 0 Å². The molecule has 110 valence electrons. The Balaban J connectivity index is 1.81. The van der Waals surface area contributed by atoms with Gasteiger partial charge in [-0.25, -0.2) is 9.37 Å². The number of benzene rings is 1. The number of rotatable bonds is 4. The predicted octanol–water partition coefficient (Wildman–Crippen LogP) is 3.47. The van der Waals surface area contributed by atoms with Crippen LogP contribution in [0.2, 0.25) is 0 Å². The van der Waals surface area contributed by atoms with Crippen LogP contribution in [0.1, 0.15) is 40.4 Å². The second-order valence-electron chi connectivity index (χ2n) is 5.03. The molecule has 1 aromatic carbocycles. The van der Waals surface area contributed by atoms with E-state index in [2.05, 4.69) is 4.98 Å². The minimum atomic E-state index is -0.245. The number of halogens is 1. The summed E-state index contributed by atoms with van der Waals surface area (Å²) in [5.74, 6) is -0.653. The highest BCUT2D eigenvalue weighted by Gasteiger charge is 2.33. The minimum Gasteiger partial charge on any atom is -0.465 e. The van der Waals surface area contributed by atoms with Gasteiger partial charge in [0.2, 0.25) is 0 Å². The molecule has 2 aromatic rings. The summed E-state index contributed by atoms with van der Waals surface area (Å²) >= 11 is 1.58. The van der Waals surface area contributed by atoms with E-state index in [9.17, 15) is 9.18 Å². The third-order valence-electron chi connectivity index (χ3n) is 3.63. The van der Waals surface area contributed by atoms with Crippen molar-refractivity contribution in [3.8, 4) is 0 Å². The van der Waals surface area contributed by atoms with Crippen LogP contribution in [0.15, 0.2) is 24.3 Å². The number of carbonyl (C=O) groups is 1. The van der Waals surface area contributed by atoms with Crippen molar-refractivity contribution < 1.29 is 13.9 Å². The SMILES string of the molecule is CCOC(=O)C1CCc2sc(Cc3ccccc3F)nc21. The molecular formula is C16H16FNO2S. The Hall–Kier alpha value is -1.75. The Morgan fingerprint density at radius 1 is 1.48 bits per heavy atom. The lowest BCUT2D eigenvalue weighted by Crippen LogP contribution is -2.14. The number of ether oxygens (including phenoxy) is 1. The number of esters is 1. The smallest absolute Gasteiger partial charge is 0.315 e. The summed E-state index contributed by atoms with van der Waals surface area (Å²) in [6.07, 6.45) is 2.10. The van der Waals surface area contributed by atoms with Crippen LogP contribution in [0.5, 0.6) is 0 Å². The van der Waals surface area contributed by atoms with Crippen molar-refractivity contribution >= 4 is 17.3 Å². The molecule has 0 saturated carbocycles. The first-order valence-corrected chi connectivity index (χ1v) is 7.89. The van der Waals surface area contributed by atoms with E-state index in [-0.39, 0.29) is 17.7 Å². The normalized spacial score (nSPS) is 16.8. The molecule has 1 heterocycles. The highest BCUT2D eigenvalue weighted by Crippen LogP contribution is 2.37. The quantitative estimate of drug-likeness (QED) is 0.812. The summed E-state index contributed by atoms with van der Waals surface area (Å²) < 4.78 is 18.8. The number of nitrogens with zero attached hydrogens (tertiary/aromatic N) is 1. The molecule has 1 aliphatic carbocycles. The maximum atomic E-state index is 13.7. The first kappa shape index (κ1) is 14.2. The van der Waals surface area contributed by atoms with E-state index in [0.29, 0.717) is 18.6 Å². The zero-order valence-corrected chi connectivity index (χ0v) is 12.6. The Labute approximate surface area is 126 Å². The van der Waals surface area contributed by atoms with Gasteiger partial charge in [-0.3, -0.25) is 4.79 Å². The maximum Gasteiger partial charge on any atom is 0.315 e. The van der Waals surface area contributed by atoms with Gasteiger partial charge in [0.25, 0.3) is 0 Å². The Morgan fingerprint density at radius 2 is 2.29 bits per heavy atom. The fourth-order valence-corrected chi connectivity index (χ4v) is 3.80. The first-order valence-electron chi connectivity index (χ1n) is 7.07. The summed E-state index contributed by atoms with van der Waals surface area (Å²) in [5.41, 5.74) is 1.47. The maximum absolute atomic E-state index is 13.7. The molecule has 0 amide bonds. The van der Waals surface area contributed by atoms with Crippen molar-refractivity contribution in [2.45, 2.75) is 32.1 Å². The Bertz CT molecular complexity index is 668. The fourth-order valence-electron chi connectivity index (χ4n) is 2.63. The molecule has 1 aromatic heterocycles. The standard InChI is InChI=1S/C16H16FNO2S/c1-2-20-16(19)11-7-8-13-15(11)18-14(21-13)9-10-5-3-4-6-12(10)17/h3-6,11H,2,7-9H2,1H3. The van der Waals surface area contributed by atoms with Gasteiger partial charge in [0.15, 0.2) is 0 Å². The monoisotopic (exact) mass is 305 g/mol. The van der Waals surface area contributed by atoms with Crippen molar-refractivity contribution in [1.29, 1.82) is 0 Å². The lowest BCUT2D eigenvalue weighted by molar-refractivity contribution is -0.145. The van der Waals surface area contributed by atoms with Crippen LogP contribution in [-0.2, 0) is 22.4 Å². The molecule has 1 atom stereocenters. The molecule has 0 bridgehead atoms. The van der Waals surface area contributed by atoms with Crippen molar-refractivity contribution in [2.24, 2.45) is 0 Å². The summed E-state index contributed by atoms with van der Waals surface area (Å²) in [5, 5.41) is 0.860. The lowest BCUT2D eigenvalue weighted by atomic mass is 10.1. The average Bonchev–Trinajstić information content (AvgIpc) is 3.01. The third kappa shape index (κ3) is 2.83. The van der Waals surface area contributed by atoms with E-state index >= 15 is 0 Å². The zero-order chi connectivity index (χ0) is 14.8. The van der Waals surface area contributed by atoms with Crippen molar-refractivity contribution in [1.82, 2.24) is 4.98 Å². The van der Waals surface area contributed by atoms with Gasteiger partial charge in [0.1, 0.15) is 11.7 Å². The van der Waals surface area contributed by atoms with Crippen LogP contribution in [0.4, 0.5) is 4.39 Å². The number of hydrogen-bond donors (Lipinski definition) is 0. The molecule has 3 rings (SSSR count). The molecule has 3 nitrogen and oxygen atoms in total. The van der Waals surface area contributed by atoms with Crippen LogP contribution < -0.4 is 0 Å². The second kappa shape index (κ2) is 5.93. The first-order chi connectivity index (χ1) is 10.2. The van der Waals surface area contributed by atoms with E-state index in [1.165, 1.54) is 6.07 Å². The van der Waals surface area contributed by atoms with Crippen LogP contribution in [0.25, 0.3) is 0 Å². The van der Waals surface area contributed by atoms with Gasteiger partial charge < -0.3 is 4.74 Å². The van der Waals surface area contributed by atoms with Crippen LogP contribution >= 0.6 is 11.3 Å². The second-order valence-corrected chi connectivity index (χ2v) is 6.20. The number of fused-ring (bicyclic) bond motifs is 1. The molecule has 1 aliphatic rings. The number of carbonyl (C=O) groups excluding carboxylic acids is 1. The molecule has 1 unspecified atom stereocenters. The van der Waals surface area contributed by atoms with Gasteiger partial charge in [0.05, 0.1) is 17.3 Å². The van der Waals surface area contributed by atoms with Gasteiger partial charge in [-0.05, 0) is 31.4 Å². The number of aromatic nitrogens is 1. The molecule has 21 heavy (non-hydrogen) atoms. The summed E-state index contributed by atoms with van der Waals surface area (Å²) in [6.45, 7) is 2.19. The topological polar surface area (TPSA) is 39.2 Å². The van der Waals surface area contributed by atoms with E-state index in [4.69, 9.17) is 4.74 Å². The number of thiazole rings is 1. The lowest BCUT2D eigenvalue weighted by Gasteiger charge is -2.07. The van der Waals surface area contributed by atoms with Gasteiger partial charge >= 0.3 is 5.97 Å². The molecule has 0 saturated heterocycles. The van der Waals surface area contributed by atoms with Crippen molar-refractivity contribution in [3.05, 3.63) is 51.2 Å². The zero-order valence-electron chi connectivity index (χ0n) is 11.8. The Morgan fingerprint density at radius 3 is 3.05 bits per heavy atom. The molecule has 0 fully saturated rings. The average molecular weight is 305 g/mol. The molecule has 0 aliphatic heterocycles. The van der Waals surface area contributed by atoms with Crippen LogP contribution in [0, 0.1) is 5.82 Å². The van der Waals surface area contributed by atoms with Crippen LogP contribution in [0.3, 0.4) is 0 Å². The number of aryl methyl sites for hydroxylation is 1. The largest absolute Gasteiger partial charge is 0.465 e. The molecule has 0 radical (unpaired) electrons. The summed E-state index contributed by atoms with van der Waals surface area (Å²) in [4.78, 5) is 17.6. The van der Waals surface area contributed by atoms with Crippen LogP contribution in [-0.4, -0.2) is 17.6 Å². The molecule has 0 N–H and O–H groups in total. The van der Waals surface area contributed by atoms with Gasteiger partial charge in [0, 0.05) is 11.3 Å². The van der Waals surface area contributed by atoms with Crippen molar-refractivity contribution in [2.75, 3.05) is 6.61 Å². The van der Waals surface area contributed by atoms with E-state index in [1.807, 2.05) is 6.07 Å². The van der Waals surface area contributed by atoms with E-state index in [0.717, 1.165) is 28.4 Å². The third-order valence-corrected chi connectivity index (χ3v) is 4.76. The predicted molar refractivity (Wildman–Crippen MR) is 79.0 cm³/mol. The molecular weight excluding hydrogens is 289 g/mol. The summed E-state index contributed by atoms with van der Waals surface area (Å²) in [7, 11) is 0. The van der Waals surface area contributed by atoms with E-state index < -0.39 is 0 Å². The molecule has 0 spiro atoms.